The van der Waals surface area contributed by atoms with Crippen LogP contribution < -0.4 is 0 Å². The summed E-state index contributed by atoms with van der Waals surface area (Å²) in [6, 6.07) is 6.11. The number of rotatable bonds is 3. The van der Waals surface area contributed by atoms with E-state index in [1.807, 2.05) is 6.08 Å². The zero-order chi connectivity index (χ0) is 18.3. The van der Waals surface area contributed by atoms with Gasteiger partial charge in [-0.15, -0.1) is 0 Å². The zero-order valence-electron chi connectivity index (χ0n) is 14.5. The third-order valence-electron chi connectivity index (χ3n) is 5.21. The highest BCUT2D eigenvalue weighted by atomic mass is 19.1. The van der Waals surface area contributed by atoms with Crippen molar-refractivity contribution in [1.29, 1.82) is 0 Å². The van der Waals surface area contributed by atoms with Crippen LogP contribution >= 0.6 is 0 Å². The third-order valence-corrected chi connectivity index (χ3v) is 5.21. The molecule has 1 atom stereocenters. The van der Waals surface area contributed by atoms with E-state index in [1.54, 1.807) is 29.9 Å². The molecule has 2 aromatic rings. The number of nitrogens with zero attached hydrogens (tertiary/aromatic N) is 2. The molecular formula is C20H19FN2O3. The molecule has 6 heteroatoms. The number of carbonyl (C=O) groups is 2. The first-order valence-corrected chi connectivity index (χ1v) is 8.76. The van der Waals surface area contributed by atoms with Crippen molar-refractivity contribution >= 4 is 17.8 Å². The number of ether oxygens (including phenoxy) is 1. The summed E-state index contributed by atoms with van der Waals surface area (Å²) in [6.07, 6.45) is 5.24. The fourth-order valence-corrected chi connectivity index (χ4v) is 3.94. The molecule has 1 saturated carbocycles. The van der Waals surface area contributed by atoms with Gasteiger partial charge in [0.2, 0.25) is 0 Å². The van der Waals surface area contributed by atoms with E-state index in [0.717, 1.165) is 22.5 Å². The van der Waals surface area contributed by atoms with Crippen molar-refractivity contribution in [1.82, 2.24) is 9.78 Å². The molecule has 1 aromatic carbocycles. The Kier molecular flexibility index (Phi) is 3.98. The number of ketones is 1. The van der Waals surface area contributed by atoms with Gasteiger partial charge in [-0.1, -0.05) is 0 Å². The number of aromatic nitrogens is 2. The Morgan fingerprint density at radius 2 is 2.04 bits per heavy atom. The van der Waals surface area contributed by atoms with Crippen molar-refractivity contribution in [3.63, 3.8) is 0 Å². The summed E-state index contributed by atoms with van der Waals surface area (Å²) in [5, 5.41) is 4.42. The molecule has 4 rings (SSSR count). The molecule has 0 radical (unpaired) electrons. The van der Waals surface area contributed by atoms with E-state index >= 15 is 0 Å². The highest BCUT2D eigenvalue weighted by Crippen LogP contribution is 2.48. The first kappa shape index (κ1) is 16.7. The summed E-state index contributed by atoms with van der Waals surface area (Å²) in [7, 11) is 0. The molecule has 1 heterocycles. The Hall–Kier alpha value is -2.76. The summed E-state index contributed by atoms with van der Waals surface area (Å²) in [5.41, 5.74) is 2.53. The van der Waals surface area contributed by atoms with Crippen LogP contribution in [-0.2, 0) is 20.7 Å². The van der Waals surface area contributed by atoms with Gasteiger partial charge >= 0.3 is 5.97 Å². The Balaban J connectivity index is 1.80. The first-order chi connectivity index (χ1) is 12.5. The number of fused-ring (bicyclic) bond motifs is 2. The van der Waals surface area contributed by atoms with Crippen molar-refractivity contribution in [2.75, 3.05) is 6.61 Å². The minimum Gasteiger partial charge on any atom is -0.465 e. The lowest BCUT2D eigenvalue weighted by Gasteiger charge is -2.39. The molecule has 2 aliphatic rings. The van der Waals surface area contributed by atoms with Gasteiger partial charge in [0.25, 0.3) is 0 Å². The van der Waals surface area contributed by atoms with E-state index in [1.165, 1.54) is 12.1 Å². The van der Waals surface area contributed by atoms with Crippen molar-refractivity contribution in [3.05, 3.63) is 53.1 Å². The smallest absolute Gasteiger partial charge is 0.317 e. The predicted molar refractivity (Wildman–Crippen MR) is 93.1 cm³/mol. The van der Waals surface area contributed by atoms with Crippen molar-refractivity contribution in [2.45, 2.75) is 32.6 Å². The monoisotopic (exact) mass is 354 g/mol. The quantitative estimate of drug-likeness (QED) is 0.794. The van der Waals surface area contributed by atoms with Crippen molar-refractivity contribution in [3.8, 4) is 5.69 Å². The minimum absolute atomic E-state index is 0.0876. The summed E-state index contributed by atoms with van der Waals surface area (Å²) >= 11 is 0. The molecule has 0 amide bonds. The number of hydrogen-bond donors (Lipinski definition) is 0. The van der Waals surface area contributed by atoms with Gasteiger partial charge in [-0.25, -0.2) is 9.07 Å². The van der Waals surface area contributed by atoms with Gasteiger partial charge in [-0.05, 0) is 61.2 Å². The van der Waals surface area contributed by atoms with E-state index in [0.29, 0.717) is 19.3 Å². The van der Waals surface area contributed by atoms with Crippen molar-refractivity contribution in [2.24, 2.45) is 5.41 Å². The van der Waals surface area contributed by atoms with Crippen LogP contribution in [0.25, 0.3) is 11.8 Å². The van der Waals surface area contributed by atoms with Gasteiger partial charge in [0.15, 0.2) is 0 Å². The van der Waals surface area contributed by atoms with E-state index in [9.17, 15) is 14.0 Å². The summed E-state index contributed by atoms with van der Waals surface area (Å²) in [6.45, 7) is 2.05. The summed E-state index contributed by atoms with van der Waals surface area (Å²) in [5.74, 6) is -0.552. The van der Waals surface area contributed by atoms with Crippen LogP contribution in [0.4, 0.5) is 4.39 Å². The normalized spacial score (nSPS) is 21.6. The zero-order valence-corrected chi connectivity index (χ0v) is 14.5. The minimum atomic E-state index is -0.908. The van der Waals surface area contributed by atoms with Crippen LogP contribution in [0.5, 0.6) is 0 Å². The standard InChI is InChI=1S/C20H19FN2O3/c1-2-26-19(25)20-10-13-12-22-23(16-6-4-15(21)5-7-16)18(13)9-14(20)3-8-17(24)11-20/h4-7,9,12H,2-3,8,10-11H2,1H3/t20-/m0/s1. The molecule has 0 aliphatic heterocycles. The molecule has 134 valence electrons. The Labute approximate surface area is 150 Å². The van der Waals surface area contributed by atoms with Gasteiger partial charge in [-0.3, -0.25) is 9.59 Å². The molecule has 26 heavy (non-hydrogen) atoms. The number of benzene rings is 1. The number of hydrogen-bond acceptors (Lipinski definition) is 4. The van der Waals surface area contributed by atoms with Crippen molar-refractivity contribution < 1.29 is 18.7 Å². The van der Waals surface area contributed by atoms with Crippen LogP contribution in [-0.4, -0.2) is 28.1 Å². The van der Waals surface area contributed by atoms with Crippen LogP contribution in [0.3, 0.4) is 0 Å². The van der Waals surface area contributed by atoms with E-state index in [2.05, 4.69) is 5.10 Å². The van der Waals surface area contributed by atoms with Crippen LogP contribution in [0.1, 0.15) is 37.4 Å². The van der Waals surface area contributed by atoms with Crippen LogP contribution in [0, 0.1) is 11.2 Å². The van der Waals surface area contributed by atoms with Gasteiger partial charge in [-0.2, -0.15) is 5.10 Å². The second-order valence-corrected chi connectivity index (χ2v) is 6.81. The lowest BCUT2D eigenvalue weighted by atomic mass is 9.64. The van der Waals surface area contributed by atoms with Gasteiger partial charge in [0.1, 0.15) is 17.0 Å². The SMILES string of the molecule is CCOC(=O)[C@@]12CC(=O)CCC1=Cc1c(cnn1-c1ccc(F)cc1)C2. The Morgan fingerprint density at radius 3 is 2.77 bits per heavy atom. The van der Waals surface area contributed by atoms with E-state index in [4.69, 9.17) is 4.74 Å². The maximum Gasteiger partial charge on any atom is 0.317 e. The average Bonchev–Trinajstić information content (AvgIpc) is 3.03. The molecule has 0 N–H and O–H groups in total. The van der Waals surface area contributed by atoms with Gasteiger partial charge in [0.05, 0.1) is 24.2 Å². The maximum atomic E-state index is 13.2. The number of carbonyl (C=O) groups excluding carboxylic acids is 2. The first-order valence-electron chi connectivity index (χ1n) is 8.76. The molecule has 5 nitrogen and oxygen atoms in total. The number of halogens is 1. The molecule has 0 spiro atoms. The largest absolute Gasteiger partial charge is 0.465 e. The Morgan fingerprint density at radius 1 is 1.27 bits per heavy atom. The topological polar surface area (TPSA) is 61.2 Å². The fourth-order valence-electron chi connectivity index (χ4n) is 3.94. The van der Waals surface area contributed by atoms with Gasteiger partial charge in [0, 0.05) is 12.8 Å². The molecule has 0 unspecified atom stereocenters. The lowest BCUT2D eigenvalue weighted by molar-refractivity contribution is -0.156. The molecule has 1 fully saturated rings. The van der Waals surface area contributed by atoms with Gasteiger partial charge < -0.3 is 4.74 Å². The van der Waals surface area contributed by atoms with Crippen LogP contribution in [0.15, 0.2) is 36.0 Å². The predicted octanol–water partition coefficient (Wildman–Crippen LogP) is 3.25. The number of esters is 1. The summed E-state index contributed by atoms with van der Waals surface area (Å²) < 4.78 is 20.3. The fraction of sp³-hybridized carbons (Fsp3) is 0.350. The summed E-state index contributed by atoms with van der Waals surface area (Å²) in [4.78, 5) is 24.9. The van der Waals surface area contributed by atoms with E-state index < -0.39 is 5.41 Å². The van der Waals surface area contributed by atoms with Crippen LogP contribution in [0.2, 0.25) is 0 Å². The molecular weight excluding hydrogens is 335 g/mol. The highest BCUT2D eigenvalue weighted by Gasteiger charge is 2.49. The number of Topliss-reactive ketones (excluding diaryl/α,β-unsaturated/α-hetero) is 1. The van der Waals surface area contributed by atoms with E-state index in [-0.39, 0.29) is 30.6 Å². The lowest BCUT2D eigenvalue weighted by Crippen LogP contribution is -2.43. The maximum absolute atomic E-state index is 13.2. The molecule has 0 bridgehead atoms. The average molecular weight is 354 g/mol. The molecule has 0 saturated heterocycles. The third kappa shape index (κ3) is 2.57. The second-order valence-electron chi connectivity index (χ2n) is 6.81. The second kappa shape index (κ2) is 6.20. The molecule has 1 aromatic heterocycles. The highest BCUT2D eigenvalue weighted by molar-refractivity contribution is 5.94. The Bertz CT molecular complexity index is 914. The molecule has 2 aliphatic carbocycles.